The number of non-ortho nitro benzene ring substituents is 1. The third-order valence-corrected chi connectivity index (χ3v) is 4.48. The highest BCUT2D eigenvalue weighted by atomic mass is 16.6. The molecule has 178 valence electrons. The van der Waals surface area contributed by atoms with E-state index in [9.17, 15) is 29.8 Å². The maximum atomic E-state index is 12.2. The lowest BCUT2D eigenvalue weighted by atomic mass is 10.2. The summed E-state index contributed by atoms with van der Waals surface area (Å²) < 4.78 is 10.4. The summed E-state index contributed by atoms with van der Waals surface area (Å²) in [7, 11) is 0. The summed E-state index contributed by atoms with van der Waals surface area (Å²) in [4.78, 5) is 44.7. The highest BCUT2D eigenvalue weighted by Gasteiger charge is 2.16. The fraction of sp³-hybridized carbons (Fsp3) is 0.0870. The number of nitro benzene ring substituents is 2. The Labute approximate surface area is 198 Å². The molecule has 0 aliphatic carbocycles. The van der Waals surface area contributed by atoms with Crippen molar-refractivity contribution in [2.45, 2.75) is 6.92 Å². The number of aryl methyl sites for hydroxylation is 1. The van der Waals surface area contributed by atoms with Crippen LogP contribution in [-0.4, -0.2) is 34.5 Å². The minimum atomic E-state index is -0.678. The van der Waals surface area contributed by atoms with Gasteiger partial charge < -0.3 is 9.47 Å². The van der Waals surface area contributed by atoms with Crippen LogP contribution in [0, 0.1) is 27.2 Å². The summed E-state index contributed by atoms with van der Waals surface area (Å²) in [6.45, 7) is 1.23. The number of hydrogen-bond donors (Lipinski definition) is 1. The van der Waals surface area contributed by atoms with Crippen molar-refractivity contribution in [2.75, 3.05) is 6.61 Å². The molecular formula is C23H18N4O8. The van der Waals surface area contributed by atoms with E-state index in [0.29, 0.717) is 11.1 Å². The van der Waals surface area contributed by atoms with Gasteiger partial charge in [-0.25, -0.2) is 10.2 Å². The number of carbonyl (C=O) groups excluding carboxylic acids is 2. The van der Waals surface area contributed by atoms with Gasteiger partial charge in [0.25, 0.3) is 11.6 Å². The summed E-state index contributed by atoms with van der Waals surface area (Å²) in [5.41, 5.74) is 3.29. The van der Waals surface area contributed by atoms with Gasteiger partial charge in [0.15, 0.2) is 12.4 Å². The third kappa shape index (κ3) is 6.92. The lowest BCUT2D eigenvalue weighted by Gasteiger charge is -2.06. The molecule has 0 atom stereocenters. The molecule has 0 spiro atoms. The predicted octanol–water partition coefficient (Wildman–Crippen LogP) is 3.56. The quantitative estimate of drug-likeness (QED) is 0.160. The van der Waals surface area contributed by atoms with Crippen LogP contribution < -0.4 is 14.9 Å². The molecule has 0 fully saturated rings. The van der Waals surface area contributed by atoms with Gasteiger partial charge in [-0.2, -0.15) is 5.10 Å². The second-order valence-corrected chi connectivity index (χ2v) is 7.07. The van der Waals surface area contributed by atoms with Gasteiger partial charge in [0.2, 0.25) is 0 Å². The Morgan fingerprint density at radius 3 is 2.29 bits per heavy atom. The molecule has 0 unspecified atom stereocenters. The number of hydrazone groups is 1. The lowest BCUT2D eigenvalue weighted by Crippen LogP contribution is -2.24. The molecule has 0 saturated heterocycles. The van der Waals surface area contributed by atoms with Crippen LogP contribution in [0.25, 0.3) is 0 Å². The van der Waals surface area contributed by atoms with E-state index in [0.717, 1.165) is 0 Å². The van der Waals surface area contributed by atoms with Crippen molar-refractivity contribution in [2.24, 2.45) is 5.10 Å². The summed E-state index contributed by atoms with van der Waals surface area (Å²) in [6.07, 6.45) is 1.34. The Morgan fingerprint density at radius 2 is 1.66 bits per heavy atom. The molecule has 0 radical (unpaired) electrons. The Bertz CT molecular complexity index is 1290. The van der Waals surface area contributed by atoms with Gasteiger partial charge in [0, 0.05) is 18.2 Å². The van der Waals surface area contributed by atoms with E-state index < -0.39 is 28.3 Å². The molecule has 12 heteroatoms. The van der Waals surface area contributed by atoms with E-state index in [1.54, 1.807) is 25.1 Å². The van der Waals surface area contributed by atoms with Crippen LogP contribution in [-0.2, 0) is 4.79 Å². The Hall–Kier alpha value is -5.13. The van der Waals surface area contributed by atoms with Crippen LogP contribution in [0.15, 0.2) is 71.8 Å². The maximum Gasteiger partial charge on any atom is 0.343 e. The topological polar surface area (TPSA) is 163 Å². The molecule has 12 nitrogen and oxygen atoms in total. The van der Waals surface area contributed by atoms with Crippen molar-refractivity contribution in [3.8, 4) is 11.5 Å². The van der Waals surface area contributed by atoms with Crippen LogP contribution in [0.2, 0.25) is 0 Å². The number of rotatable bonds is 9. The average molecular weight is 478 g/mol. The molecule has 0 aliphatic rings. The van der Waals surface area contributed by atoms with Crippen molar-refractivity contribution in [1.82, 2.24) is 5.43 Å². The van der Waals surface area contributed by atoms with Crippen molar-refractivity contribution in [3.05, 3.63) is 104 Å². The van der Waals surface area contributed by atoms with Gasteiger partial charge >= 0.3 is 11.7 Å². The van der Waals surface area contributed by atoms with E-state index in [1.807, 2.05) is 0 Å². The SMILES string of the molecule is Cc1ccc(OCC(=O)NN=Cc2ccc(OC(=O)c3ccc([N+](=O)[O-])cc3)cc2)c([N+](=O)[O-])c1. The average Bonchev–Trinajstić information content (AvgIpc) is 2.84. The number of benzene rings is 3. The zero-order chi connectivity index (χ0) is 25.4. The summed E-state index contributed by atoms with van der Waals surface area (Å²) >= 11 is 0. The molecule has 0 saturated carbocycles. The first kappa shape index (κ1) is 24.5. The van der Waals surface area contributed by atoms with Crippen molar-refractivity contribution in [1.29, 1.82) is 0 Å². The summed E-state index contributed by atoms with van der Waals surface area (Å²) in [6, 6.07) is 15.6. The molecule has 1 amide bonds. The molecule has 1 N–H and O–H groups in total. The number of nitrogens with one attached hydrogen (secondary N) is 1. The maximum absolute atomic E-state index is 12.2. The number of nitro groups is 2. The molecular weight excluding hydrogens is 460 g/mol. The summed E-state index contributed by atoms with van der Waals surface area (Å²) in [5, 5.41) is 25.6. The van der Waals surface area contributed by atoms with Gasteiger partial charge in [-0.05, 0) is 60.5 Å². The van der Waals surface area contributed by atoms with Crippen LogP contribution in [0.3, 0.4) is 0 Å². The van der Waals surface area contributed by atoms with Gasteiger partial charge in [-0.1, -0.05) is 6.07 Å². The fourth-order valence-electron chi connectivity index (χ4n) is 2.75. The van der Waals surface area contributed by atoms with Crippen molar-refractivity contribution in [3.63, 3.8) is 0 Å². The van der Waals surface area contributed by atoms with Crippen LogP contribution >= 0.6 is 0 Å². The van der Waals surface area contributed by atoms with Gasteiger partial charge in [-0.15, -0.1) is 0 Å². The van der Waals surface area contributed by atoms with Gasteiger partial charge in [0.05, 0.1) is 21.6 Å². The van der Waals surface area contributed by atoms with E-state index in [1.165, 1.54) is 54.7 Å². The van der Waals surface area contributed by atoms with Gasteiger partial charge in [-0.3, -0.25) is 25.0 Å². The van der Waals surface area contributed by atoms with Gasteiger partial charge in [0.1, 0.15) is 5.75 Å². The molecule has 3 aromatic rings. The first-order valence-electron chi connectivity index (χ1n) is 9.99. The van der Waals surface area contributed by atoms with Crippen molar-refractivity contribution >= 4 is 29.5 Å². The largest absolute Gasteiger partial charge is 0.477 e. The zero-order valence-electron chi connectivity index (χ0n) is 18.2. The minimum absolute atomic E-state index is 0.0291. The van der Waals surface area contributed by atoms with E-state index in [4.69, 9.17) is 9.47 Å². The zero-order valence-corrected chi connectivity index (χ0v) is 18.2. The lowest BCUT2D eigenvalue weighted by molar-refractivity contribution is -0.385. The number of ether oxygens (including phenoxy) is 2. The van der Waals surface area contributed by atoms with Crippen LogP contribution in [0.4, 0.5) is 11.4 Å². The number of amides is 1. The second kappa shape index (κ2) is 11.1. The predicted molar refractivity (Wildman–Crippen MR) is 124 cm³/mol. The second-order valence-electron chi connectivity index (χ2n) is 7.07. The molecule has 0 aliphatic heterocycles. The molecule has 3 aromatic carbocycles. The Morgan fingerprint density at radius 1 is 0.971 bits per heavy atom. The van der Waals surface area contributed by atoms with Crippen molar-refractivity contribution < 1.29 is 28.9 Å². The van der Waals surface area contributed by atoms with E-state index in [2.05, 4.69) is 10.5 Å². The molecule has 0 bridgehead atoms. The molecule has 0 aromatic heterocycles. The van der Waals surface area contributed by atoms with E-state index in [-0.39, 0.29) is 28.4 Å². The molecule has 0 heterocycles. The number of hydrogen-bond acceptors (Lipinski definition) is 9. The Balaban J connectivity index is 1.49. The fourth-order valence-corrected chi connectivity index (χ4v) is 2.75. The molecule has 35 heavy (non-hydrogen) atoms. The van der Waals surface area contributed by atoms with E-state index >= 15 is 0 Å². The van der Waals surface area contributed by atoms with Crippen LogP contribution in [0.1, 0.15) is 21.5 Å². The number of carbonyl (C=O) groups is 2. The molecule has 3 rings (SSSR count). The Kier molecular flexibility index (Phi) is 7.80. The minimum Gasteiger partial charge on any atom is -0.477 e. The smallest absolute Gasteiger partial charge is 0.343 e. The number of esters is 1. The first-order chi connectivity index (χ1) is 16.7. The highest BCUT2D eigenvalue weighted by molar-refractivity contribution is 5.91. The van der Waals surface area contributed by atoms with Crippen LogP contribution in [0.5, 0.6) is 11.5 Å². The third-order valence-electron chi connectivity index (χ3n) is 4.48. The highest BCUT2D eigenvalue weighted by Crippen LogP contribution is 2.27. The summed E-state index contributed by atoms with van der Waals surface area (Å²) in [5.74, 6) is -1.09. The standard InChI is InChI=1S/C23H18N4O8/c1-15-2-11-21(20(12-15)27(32)33)34-14-22(28)25-24-13-16-3-9-19(10-4-16)35-23(29)17-5-7-18(8-6-17)26(30)31/h2-13H,14H2,1H3,(H,25,28). The monoisotopic (exact) mass is 478 g/mol. The first-order valence-corrected chi connectivity index (χ1v) is 9.99. The number of nitrogens with zero attached hydrogens (tertiary/aromatic N) is 3. The normalized spacial score (nSPS) is 10.5.